The van der Waals surface area contributed by atoms with E-state index < -0.39 is 6.36 Å². The molecule has 0 aliphatic rings. The van der Waals surface area contributed by atoms with Crippen molar-refractivity contribution in [2.45, 2.75) is 6.36 Å². The van der Waals surface area contributed by atoms with Crippen molar-refractivity contribution >= 4 is 0 Å². The highest BCUT2D eigenvalue weighted by Crippen LogP contribution is 1.85. The van der Waals surface area contributed by atoms with Gasteiger partial charge in [-0.25, -0.2) is 4.39 Å². The lowest BCUT2D eigenvalue weighted by molar-refractivity contribution is -0.0525. The van der Waals surface area contributed by atoms with Crippen molar-refractivity contribution in [1.82, 2.24) is 0 Å². The molecular formula is C6H13FN3O4-. The molecule has 0 aromatic rings. The van der Waals surface area contributed by atoms with Gasteiger partial charge in [-0.15, -0.1) is 0 Å². The molecule has 1 unspecified atom stereocenters. The lowest BCUT2D eigenvalue weighted by Crippen LogP contribution is -2.13. The molecule has 0 amide bonds. The molecular weight excluding hydrogens is 197 g/mol. The average molecular weight is 210 g/mol. The Balaban J connectivity index is 0. The van der Waals surface area contributed by atoms with Crippen molar-refractivity contribution in [2.24, 2.45) is 0 Å². The monoisotopic (exact) mass is 210 g/mol. The molecule has 0 spiro atoms. The van der Waals surface area contributed by atoms with Gasteiger partial charge in [0.25, 0.3) is 0 Å². The van der Waals surface area contributed by atoms with Crippen molar-refractivity contribution in [2.75, 3.05) is 33.0 Å². The zero-order chi connectivity index (χ0) is 11.2. The second kappa shape index (κ2) is 14.6. The zero-order valence-electron chi connectivity index (χ0n) is 7.54. The standard InChI is InChI=1S/C6H13FO4.N3/c7-6(9)5-11-4-3-10-2-1-8;1-3-2/h6,8-9H,1-5H2;/q;-1. The number of halogens is 1. The van der Waals surface area contributed by atoms with Gasteiger partial charge in [0.1, 0.15) is 6.61 Å². The minimum atomic E-state index is -1.92. The highest BCUT2D eigenvalue weighted by atomic mass is 19.1. The molecule has 7 nitrogen and oxygen atoms in total. The fourth-order valence-electron chi connectivity index (χ4n) is 0.465. The Morgan fingerprint density at radius 1 is 1.21 bits per heavy atom. The first-order valence-electron chi connectivity index (χ1n) is 3.76. The first-order valence-corrected chi connectivity index (χ1v) is 3.76. The van der Waals surface area contributed by atoms with Gasteiger partial charge in [-0.3, -0.25) is 4.91 Å². The van der Waals surface area contributed by atoms with Gasteiger partial charge in [0.15, 0.2) is 0 Å². The molecule has 0 aliphatic heterocycles. The number of rotatable bonds is 7. The summed E-state index contributed by atoms with van der Waals surface area (Å²) in [6.45, 7) is 0.407. The molecule has 0 rings (SSSR count). The van der Waals surface area contributed by atoms with Crippen molar-refractivity contribution in [1.29, 1.82) is 0 Å². The Bertz CT molecular complexity index is 141. The third-order valence-electron chi connectivity index (χ3n) is 0.863. The quantitative estimate of drug-likeness (QED) is 0.269. The summed E-state index contributed by atoms with van der Waals surface area (Å²) in [5, 5.41) is 16.3. The Morgan fingerprint density at radius 3 is 2.14 bits per heavy atom. The Labute approximate surface area is 80.5 Å². The van der Waals surface area contributed by atoms with Gasteiger partial charge in [-0.1, -0.05) is 0 Å². The van der Waals surface area contributed by atoms with Gasteiger partial charge in [-0.05, 0) is 0 Å². The molecule has 0 saturated heterocycles. The van der Waals surface area contributed by atoms with Crippen molar-refractivity contribution < 1.29 is 24.1 Å². The third-order valence-corrected chi connectivity index (χ3v) is 0.863. The largest absolute Gasteiger partial charge is 0.394 e. The molecule has 14 heavy (non-hydrogen) atoms. The van der Waals surface area contributed by atoms with Crippen LogP contribution >= 0.6 is 0 Å². The normalized spacial score (nSPS) is 11.1. The molecule has 0 radical (unpaired) electrons. The van der Waals surface area contributed by atoms with Gasteiger partial charge in [0.2, 0.25) is 6.36 Å². The van der Waals surface area contributed by atoms with E-state index in [1.807, 2.05) is 0 Å². The molecule has 84 valence electrons. The summed E-state index contributed by atoms with van der Waals surface area (Å²) < 4.78 is 21.0. The van der Waals surface area contributed by atoms with Gasteiger partial charge in [-0.2, -0.15) is 0 Å². The minimum absolute atomic E-state index is 0.0360. The van der Waals surface area contributed by atoms with E-state index in [1.165, 1.54) is 4.91 Å². The molecule has 0 bridgehead atoms. The number of aliphatic hydroxyl groups is 2. The predicted octanol–water partition coefficient (Wildman–Crippen LogP) is 0.166. The summed E-state index contributed by atoms with van der Waals surface area (Å²) in [5.41, 5.74) is 13.5. The molecule has 8 heteroatoms. The highest BCUT2D eigenvalue weighted by molar-refractivity contribution is 4.36. The van der Waals surface area contributed by atoms with E-state index in [9.17, 15) is 4.39 Å². The van der Waals surface area contributed by atoms with Crippen LogP contribution in [-0.2, 0) is 9.47 Å². The average Bonchev–Trinajstić information content (AvgIpc) is 2.12. The van der Waals surface area contributed by atoms with E-state index in [0.29, 0.717) is 6.61 Å². The predicted molar refractivity (Wildman–Crippen MR) is 45.9 cm³/mol. The molecule has 0 saturated carbocycles. The van der Waals surface area contributed by atoms with Crippen LogP contribution in [0.15, 0.2) is 0 Å². The summed E-state index contributed by atoms with van der Waals surface area (Å²) in [6.07, 6.45) is -1.92. The number of ether oxygens (including phenoxy) is 2. The SMILES string of the molecule is OCCOCCOCC(O)F.[N-]=[N+]=[N-]. The van der Waals surface area contributed by atoms with Crippen LogP contribution in [0.4, 0.5) is 4.39 Å². The van der Waals surface area contributed by atoms with E-state index >= 15 is 0 Å². The zero-order valence-corrected chi connectivity index (χ0v) is 7.54. The summed E-state index contributed by atoms with van der Waals surface area (Å²) in [7, 11) is 0. The summed E-state index contributed by atoms with van der Waals surface area (Å²) in [5.74, 6) is 0. The van der Waals surface area contributed by atoms with Gasteiger partial charge in [0, 0.05) is 0 Å². The smallest absolute Gasteiger partial charge is 0.220 e. The first kappa shape index (κ1) is 15.5. The van der Waals surface area contributed by atoms with Gasteiger partial charge >= 0.3 is 0 Å². The lowest BCUT2D eigenvalue weighted by atomic mass is 10.7. The van der Waals surface area contributed by atoms with E-state index in [-0.39, 0.29) is 26.4 Å². The van der Waals surface area contributed by atoms with Crippen molar-refractivity contribution in [3.05, 3.63) is 16.0 Å². The van der Waals surface area contributed by atoms with Gasteiger partial charge < -0.3 is 30.7 Å². The molecule has 0 aromatic heterocycles. The second-order valence-corrected chi connectivity index (χ2v) is 1.93. The van der Waals surface area contributed by atoms with Gasteiger partial charge in [0.05, 0.1) is 26.4 Å². The fourth-order valence-corrected chi connectivity index (χ4v) is 0.465. The molecule has 0 aromatic carbocycles. The van der Waals surface area contributed by atoms with E-state index in [0.717, 1.165) is 0 Å². The summed E-state index contributed by atoms with van der Waals surface area (Å²) in [4.78, 5) is 1.50. The molecule has 0 aliphatic carbocycles. The van der Waals surface area contributed by atoms with E-state index in [2.05, 4.69) is 4.74 Å². The molecule has 0 fully saturated rings. The van der Waals surface area contributed by atoms with E-state index in [4.69, 9.17) is 26.0 Å². The van der Waals surface area contributed by atoms with Crippen LogP contribution in [0.1, 0.15) is 0 Å². The van der Waals surface area contributed by atoms with Crippen LogP contribution in [-0.4, -0.2) is 49.6 Å². The summed E-state index contributed by atoms with van der Waals surface area (Å²) >= 11 is 0. The number of nitrogens with zero attached hydrogens (tertiary/aromatic N) is 3. The van der Waals surface area contributed by atoms with Crippen molar-refractivity contribution in [3.8, 4) is 0 Å². The Hall–Kier alpha value is -0.920. The van der Waals surface area contributed by atoms with Crippen LogP contribution in [0.3, 0.4) is 0 Å². The third kappa shape index (κ3) is 22.5. The van der Waals surface area contributed by atoms with E-state index in [1.54, 1.807) is 0 Å². The number of aliphatic hydroxyl groups excluding tert-OH is 2. The maximum Gasteiger partial charge on any atom is 0.220 e. The fraction of sp³-hybridized carbons (Fsp3) is 1.00. The van der Waals surface area contributed by atoms with Crippen LogP contribution in [0.25, 0.3) is 16.0 Å². The first-order chi connectivity index (χ1) is 6.68. The minimum Gasteiger partial charge on any atom is -0.394 e. The maximum atomic E-state index is 11.6. The Kier molecular flexibility index (Phi) is 16.2. The maximum absolute atomic E-state index is 11.6. The molecule has 1 atom stereocenters. The highest BCUT2D eigenvalue weighted by Gasteiger charge is 1.97. The van der Waals surface area contributed by atoms with Crippen molar-refractivity contribution in [3.63, 3.8) is 0 Å². The molecule has 0 heterocycles. The lowest BCUT2D eigenvalue weighted by Gasteiger charge is -2.04. The molecule has 2 N–H and O–H groups in total. The number of hydrogen-bond donors (Lipinski definition) is 2. The number of alkyl halides is 1. The Morgan fingerprint density at radius 2 is 1.71 bits per heavy atom. The topological polar surface area (TPSA) is 118 Å². The van der Waals surface area contributed by atoms with Crippen LogP contribution in [0, 0.1) is 0 Å². The van der Waals surface area contributed by atoms with Crippen LogP contribution in [0.2, 0.25) is 0 Å². The second-order valence-electron chi connectivity index (χ2n) is 1.93. The van der Waals surface area contributed by atoms with Crippen LogP contribution in [0.5, 0.6) is 0 Å². The summed E-state index contributed by atoms with van der Waals surface area (Å²) in [6, 6.07) is 0. The number of hydrogen-bond acceptors (Lipinski definition) is 4. The van der Waals surface area contributed by atoms with Crippen LogP contribution < -0.4 is 0 Å².